The Bertz CT molecular complexity index is 1030. The van der Waals surface area contributed by atoms with E-state index in [-0.39, 0.29) is 17.7 Å². The standard InChI is InChI=1S/C19H22N6O2S/c1-11(2)24-9-13(10-24)17(26)22-14-6-16(12(3)20-7-14)23-18(27)15-8-21-25-4-5-28-19(15)25/h4-8,11,13H,9-10H2,1-3H3,(H,22,26)(H,23,27). The molecule has 0 spiro atoms. The van der Waals surface area contributed by atoms with Crippen molar-refractivity contribution in [2.75, 3.05) is 23.7 Å². The smallest absolute Gasteiger partial charge is 0.260 e. The normalized spacial score (nSPS) is 15.0. The molecule has 0 saturated carbocycles. The lowest BCUT2D eigenvalue weighted by atomic mass is 9.97. The number of thiazole rings is 1. The van der Waals surface area contributed by atoms with Gasteiger partial charge in [-0.1, -0.05) is 0 Å². The summed E-state index contributed by atoms with van der Waals surface area (Å²) in [5, 5.41) is 11.8. The number of hydrogen-bond acceptors (Lipinski definition) is 6. The fraction of sp³-hybridized carbons (Fsp3) is 0.368. The number of anilines is 2. The predicted molar refractivity (Wildman–Crippen MR) is 109 cm³/mol. The lowest BCUT2D eigenvalue weighted by Gasteiger charge is -2.41. The van der Waals surface area contributed by atoms with Crippen LogP contribution in [0, 0.1) is 12.8 Å². The van der Waals surface area contributed by atoms with Crippen molar-refractivity contribution in [3.63, 3.8) is 0 Å². The third-order valence-electron chi connectivity index (χ3n) is 4.99. The van der Waals surface area contributed by atoms with Gasteiger partial charge in [-0.05, 0) is 26.8 Å². The van der Waals surface area contributed by atoms with Crippen LogP contribution in [0.2, 0.25) is 0 Å². The monoisotopic (exact) mass is 398 g/mol. The molecule has 0 radical (unpaired) electrons. The van der Waals surface area contributed by atoms with Crippen molar-refractivity contribution < 1.29 is 9.59 Å². The van der Waals surface area contributed by atoms with Crippen molar-refractivity contribution in [1.29, 1.82) is 0 Å². The third kappa shape index (κ3) is 3.50. The van der Waals surface area contributed by atoms with Crippen molar-refractivity contribution in [3.8, 4) is 0 Å². The fourth-order valence-electron chi connectivity index (χ4n) is 3.15. The van der Waals surface area contributed by atoms with E-state index in [2.05, 4.69) is 39.5 Å². The quantitative estimate of drug-likeness (QED) is 0.689. The van der Waals surface area contributed by atoms with Gasteiger partial charge in [-0.15, -0.1) is 11.3 Å². The number of amides is 2. The Labute approximate surface area is 166 Å². The summed E-state index contributed by atoms with van der Waals surface area (Å²) in [4.78, 5) is 32.4. The highest BCUT2D eigenvalue weighted by Crippen LogP contribution is 2.24. The number of aromatic nitrogens is 3. The molecule has 2 N–H and O–H groups in total. The molecule has 3 aromatic heterocycles. The van der Waals surface area contributed by atoms with E-state index in [0.29, 0.717) is 28.7 Å². The summed E-state index contributed by atoms with van der Waals surface area (Å²) in [6.07, 6.45) is 4.96. The molecule has 1 aliphatic rings. The van der Waals surface area contributed by atoms with E-state index in [1.54, 1.807) is 29.2 Å². The molecule has 3 aromatic rings. The number of carbonyl (C=O) groups excluding carboxylic acids is 2. The predicted octanol–water partition coefficient (Wildman–Crippen LogP) is 2.63. The van der Waals surface area contributed by atoms with Gasteiger partial charge in [-0.3, -0.25) is 19.5 Å². The molecule has 4 rings (SSSR count). The topological polar surface area (TPSA) is 91.6 Å². The SMILES string of the molecule is Cc1ncc(NC(=O)C2CN(C(C)C)C2)cc1NC(=O)c1cnn2ccsc12. The van der Waals surface area contributed by atoms with Gasteiger partial charge in [0.15, 0.2) is 0 Å². The van der Waals surface area contributed by atoms with Crippen LogP contribution >= 0.6 is 11.3 Å². The van der Waals surface area contributed by atoms with Crippen molar-refractivity contribution in [3.05, 3.63) is 41.3 Å². The lowest BCUT2D eigenvalue weighted by molar-refractivity contribution is -0.125. The first-order valence-corrected chi connectivity index (χ1v) is 10.0. The average molecular weight is 398 g/mol. The van der Waals surface area contributed by atoms with Crippen molar-refractivity contribution in [2.24, 2.45) is 5.92 Å². The van der Waals surface area contributed by atoms with E-state index in [1.165, 1.54) is 11.3 Å². The highest BCUT2D eigenvalue weighted by atomic mass is 32.1. The highest BCUT2D eigenvalue weighted by Gasteiger charge is 2.33. The number of nitrogens with one attached hydrogen (secondary N) is 2. The number of pyridine rings is 1. The minimum absolute atomic E-state index is 0.0127. The molecule has 146 valence electrons. The first kappa shape index (κ1) is 18.6. The van der Waals surface area contributed by atoms with Crippen LogP contribution < -0.4 is 10.6 Å². The summed E-state index contributed by atoms with van der Waals surface area (Å²) in [6, 6.07) is 2.19. The second kappa shape index (κ2) is 7.33. The maximum Gasteiger partial charge on any atom is 0.260 e. The number of rotatable bonds is 5. The Morgan fingerprint density at radius 3 is 2.79 bits per heavy atom. The zero-order valence-corrected chi connectivity index (χ0v) is 16.8. The first-order valence-electron chi connectivity index (χ1n) is 9.16. The Morgan fingerprint density at radius 2 is 2.04 bits per heavy atom. The van der Waals surface area contributed by atoms with E-state index in [9.17, 15) is 9.59 Å². The van der Waals surface area contributed by atoms with E-state index in [0.717, 1.165) is 17.9 Å². The second-order valence-electron chi connectivity index (χ2n) is 7.26. The van der Waals surface area contributed by atoms with Crippen molar-refractivity contribution in [2.45, 2.75) is 26.8 Å². The Hall–Kier alpha value is -2.78. The van der Waals surface area contributed by atoms with Crippen LogP contribution in [0.15, 0.2) is 30.0 Å². The van der Waals surface area contributed by atoms with E-state index < -0.39 is 0 Å². The van der Waals surface area contributed by atoms with Gasteiger partial charge in [-0.25, -0.2) is 4.52 Å². The van der Waals surface area contributed by atoms with Gasteiger partial charge in [0.1, 0.15) is 4.83 Å². The number of likely N-dealkylation sites (tertiary alicyclic amines) is 1. The van der Waals surface area contributed by atoms with Crippen molar-refractivity contribution >= 4 is 39.4 Å². The summed E-state index contributed by atoms with van der Waals surface area (Å²) in [5.74, 6) is -0.282. The molecule has 4 heterocycles. The van der Waals surface area contributed by atoms with Gasteiger partial charge < -0.3 is 10.6 Å². The second-order valence-corrected chi connectivity index (χ2v) is 8.15. The van der Waals surface area contributed by atoms with Gasteiger partial charge in [0, 0.05) is 30.7 Å². The molecule has 1 fully saturated rings. The number of carbonyl (C=O) groups is 2. The van der Waals surface area contributed by atoms with Crippen molar-refractivity contribution in [1.82, 2.24) is 19.5 Å². The first-order chi connectivity index (χ1) is 13.4. The number of aryl methyl sites for hydroxylation is 1. The van der Waals surface area contributed by atoms with Crippen LogP contribution in [-0.2, 0) is 4.79 Å². The van der Waals surface area contributed by atoms with Crippen LogP contribution in [0.5, 0.6) is 0 Å². The van der Waals surface area contributed by atoms with E-state index >= 15 is 0 Å². The van der Waals surface area contributed by atoms with Crippen LogP contribution in [0.25, 0.3) is 4.83 Å². The minimum Gasteiger partial charge on any atom is -0.324 e. The molecule has 8 nitrogen and oxygen atoms in total. The van der Waals surface area contributed by atoms with Gasteiger partial charge in [0.2, 0.25) is 5.91 Å². The Balaban J connectivity index is 1.44. The number of nitrogens with zero attached hydrogens (tertiary/aromatic N) is 4. The van der Waals surface area contributed by atoms with Crippen LogP contribution in [0.4, 0.5) is 11.4 Å². The molecule has 0 aromatic carbocycles. The summed E-state index contributed by atoms with van der Waals surface area (Å²) in [5.41, 5.74) is 2.32. The molecular weight excluding hydrogens is 376 g/mol. The molecule has 28 heavy (non-hydrogen) atoms. The molecule has 0 bridgehead atoms. The maximum atomic E-state index is 12.7. The van der Waals surface area contributed by atoms with E-state index in [4.69, 9.17) is 0 Å². The van der Waals surface area contributed by atoms with Gasteiger partial charge in [-0.2, -0.15) is 5.10 Å². The van der Waals surface area contributed by atoms with Crippen LogP contribution in [-0.4, -0.2) is 50.4 Å². The fourth-order valence-corrected chi connectivity index (χ4v) is 3.94. The molecule has 2 amide bonds. The number of fused-ring (bicyclic) bond motifs is 1. The minimum atomic E-state index is -0.252. The molecule has 1 aliphatic heterocycles. The Morgan fingerprint density at radius 1 is 1.25 bits per heavy atom. The summed E-state index contributed by atoms with van der Waals surface area (Å²) < 4.78 is 1.67. The molecule has 0 atom stereocenters. The molecule has 0 unspecified atom stereocenters. The van der Waals surface area contributed by atoms with E-state index in [1.807, 2.05) is 12.3 Å². The summed E-state index contributed by atoms with van der Waals surface area (Å²) >= 11 is 1.45. The maximum absolute atomic E-state index is 12.7. The summed E-state index contributed by atoms with van der Waals surface area (Å²) in [7, 11) is 0. The molecular formula is C19H22N6O2S. The average Bonchev–Trinajstić information content (AvgIpc) is 3.19. The van der Waals surface area contributed by atoms with Crippen LogP contribution in [0.1, 0.15) is 29.9 Å². The largest absolute Gasteiger partial charge is 0.324 e. The third-order valence-corrected chi connectivity index (χ3v) is 5.88. The molecule has 9 heteroatoms. The summed E-state index contributed by atoms with van der Waals surface area (Å²) in [6.45, 7) is 7.59. The van der Waals surface area contributed by atoms with Crippen LogP contribution in [0.3, 0.4) is 0 Å². The lowest BCUT2D eigenvalue weighted by Crippen LogP contribution is -2.54. The van der Waals surface area contributed by atoms with Gasteiger partial charge >= 0.3 is 0 Å². The molecule has 1 saturated heterocycles. The zero-order chi connectivity index (χ0) is 19.8. The Kier molecular flexibility index (Phi) is 4.86. The number of hydrogen-bond donors (Lipinski definition) is 2. The van der Waals surface area contributed by atoms with Gasteiger partial charge in [0.25, 0.3) is 5.91 Å². The molecule has 0 aliphatic carbocycles. The zero-order valence-electron chi connectivity index (χ0n) is 16.0. The van der Waals surface area contributed by atoms with Gasteiger partial charge in [0.05, 0.1) is 40.9 Å². The highest BCUT2D eigenvalue weighted by molar-refractivity contribution is 7.15.